The van der Waals surface area contributed by atoms with Gasteiger partial charge in [0, 0.05) is 10.5 Å². The molecule has 1 fully saturated rings. The summed E-state index contributed by atoms with van der Waals surface area (Å²) in [6, 6.07) is 6.66. The van der Waals surface area contributed by atoms with E-state index in [1.165, 1.54) is 30.4 Å². The molecular formula is C12H16BrN. The van der Waals surface area contributed by atoms with Crippen molar-refractivity contribution in [3.8, 4) is 0 Å². The Morgan fingerprint density at radius 3 is 2.64 bits per heavy atom. The van der Waals surface area contributed by atoms with E-state index in [-0.39, 0.29) is 6.04 Å². The first-order chi connectivity index (χ1) is 6.68. The number of rotatable bonds is 2. The van der Waals surface area contributed by atoms with Gasteiger partial charge in [0.05, 0.1) is 0 Å². The molecule has 2 heteroatoms. The molecule has 0 bridgehead atoms. The average molecular weight is 254 g/mol. The Morgan fingerprint density at radius 2 is 2.14 bits per heavy atom. The molecule has 0 spiro atoms. The third kappa shape index (κ3) is 1.86. The monoisotopic (exact) mass is 253 g/mol. The van der Waals surface area contributed by atoms with Gasteiger partial charge in [-0.3, -0.25) is 0 Å². The lowest BCUT2D eigenvalue weighted by molar-refractivity contribution is 0.264. The summed E-state index contributed by atoms with van der Waals surface area (Å²) in [5.74, 6) is 0.703. The van der Waals surface area contributed by atoms with Crippen molar-refractivity contribution >= 4 is 15.9 Å². The third-order valence-corrected chi connectivity index (χ3v) is 3.86. The second-order valence-corrected chi connectivity index (χ2v) is 5.10. The smallest absolute Gasteiger partial charge is 0.0334 e. The first-order valence-corrected chi connectivity index (χ1v) is 5.99. The minimum absolute atomic E-state index is 0.221. The topological polar surface area (TPSA) is 26.0 Å². The van der Waals surface area contributed by atoms with E-state index in [1.54, 1.807) is 0 Å². The summed E-state index contributed by atoms with van der Waals surface area (Å²) in [5, 5.41) is 0. The fourth-order valence-electron chi connectivity index (χ4n) is 1.96. The van der Waals surface area contributed by atoms with Crippen LogP contribution in [0.2, 0.25) is 0 Å². The molecule has 0 radical (unpaired) electrons. The van der Waals surface area contributed by atoms with Crippen LogP contribution in [0.15, 0.2) is 22.7 Å². The fourth-order valence-corrected chi connectivity index (χ4v) is 2.71. The molecule has 1 aromatic carbocycles. The van der Waals surface area contributed by atoms with Gasteiger partial charge in [-0.15, -0.1) is 0 Å². The molecule has 1 nitrogen and oxygen atoms in total. The zero-order chi connectivity index (χ0) is 10.1. The fraction of sp³-hybridized carbons (Fsp3) is 0.500. The van der Waals surface area contributed by atoms with Crippen LogP contribution in [0, 0.1) is 12.8 Å². The van der Waals surface area contributed by atoms with Crippen molar-refractivity contribution in [1.82, 2.24) is 0 Å². The Kier molecular flexibility index (Phi) is 2.93. The average Bonchev–Trinajstić information content (AvgIpc) is 2.00. The van der Waals surface area contributed by atoms with E-state index in [0.717, 1.165) is 4.47 Å². The van der Waals surface area contributed by atoms with Crippen molar-refractivity contribution in [3.05, 3.63) is 33.8 Å². The van der Waals surface area contributed by atoms with Gasteiger partial charge >= 0.3 is 0 Å². The molecule has 1 aliphatic rings. The van der Waals surface area contributed by atoms with Crippen LogP contribution >= 0.6 is 15.9 Å². The maximum Gasteiger partial charge on any atom is 0.0334 e. The number of hydrogen-bond donors (Lipinski definition) is 1. The number of halogens is 1. The highest BCUT2D eigenvalue weighted by Gasteiger charge is 2.26. The maximum atomic E-state index is 6.22. The summed E-state index contributed by atoms with van der Waals surface area (Å²) in [5.41, 5.74) is 8.76. The Morgan fingerprint density at radius 1 is 1.43 bits per heavy atom. The predicted octanol–water partition coefficient (Wildman–Crippen LogP) is 3.56. The Balaban J connectivity index is 2.22. The normalized spacial score (nSPS) is 19.1. The molecule has 0 heterocycles. The molecule has 14 heavy (non-hydrogen) atoms. The molecular weight excluding hydrogens is 238 g/mol. The molecule has 1 aliphatic carbocycles. The molecule has 76 valence electrons. The molecule has 0 saturated heterocycles. The van der Waals surface area contributed by atoms with E-state index >= 15 is 0 Å². The molecule has 2 rings (SSSR count). The van der Waals surface area contributed by atoms with Crippen LogP contribution in [0.3, 0.4) is 0 Å². The molecule has 0 amide bonds. The van der Waals surface area contributed by atoms with Gasteiger partial charge in [0.15, 0.2) is 0 Å². The van der Waals surface area contributed by atoms with Gasteiger partial charge in [-0.1, -0.05) is 34.5 Å². The van der Waals surface area contributed by atoms with Gasteiger partial charge < -0.3 is 5.73 Å². The maximum absolute atomic E-state index is 6.22. The summed E-state index contributed by atoms with van der Waals surface area (Å²) in [6.45, 7) is 2.10. The van der Waals surface area contributed by atoms with E-state index in [0.29, 0.717) is 5.92 Å². The quantitative estimate of drug-likeness (QED) is 0.858. The number of nitrogens with two attached hydrogens (primary N) is 1. The van der Waals surface area contributed by atoms with Gasteiger partial charge in [-0.2, -0.15) is 0 Å². The van der Waals surface area contributed by atoms with E-state index in [2.05, 4.69) is 41.1 Å². The van der Waals surface area contributed by atoms with Crippen molar-refractivity contribution in [2.75, 3.05) is 0 Å². The van der Waals surface area contributed by atoms with Crippen molar-refractivity contribution in [3.63, 3.8) is 0 Å². The zero-order valence-electron chi connectivity index (χ0n) is 8.46. The number of benzene rings is 1. The van der Waals surface area contributed by atoms with Crippen molar-refractivity contribution in [1.29, 1.82) is 0 Å². The van der Waals surface area contributed by atoms with Crippen LogP contribution in [0.5, 0.6) is 0 Å². The summed E-state index contributed by atoms with van der Waals surface area (Å²) in [4.78, 5) is 0. The summed E-state index contributed by atoms with van der Waals surface area (Å²) in [7, 11) is 0. The standard InChI is InChI=1S/C12H16BrN/c1-8-5-6-10(11(13)7-8)12(14)9-3-2-4-9/h5-7,9,12H,2-4,14H2,1H3/t12-/m0/s1. The van der Waals surface area contributed by atoms with Crippen molar-refractivity contribution in [2.24, 2.45) is 11.7 Å². The molecule has 0 aromatic heterocycles. The van der Waals surface area contributed by atoms with E-state index < -0.39 is 0 Å². The summed E-state index contributed by atoms with van der Waals surface area (Å²) >= 11 is 3.59. The Bertz CT molecular complexity index is 331. The van der Waals surface area contributed by atoms with Gasteiger partial charge in [0.25, 0.3) is 0 Å². The van der Waals surface area contributed by atoms with Crippen LogP contribution in [-0.2, 0) is 0 Å². The van der Waals surface area contributed by atoms with E-state index in [1.807, 2.05) is 0 Å². The predicted molar refractivity (Wildman–Crippen MR) is 63.1 cm³/mol. The minimum atomic E-state index is 0.221. The molecule has 2 N–H and O–H groups in total. The number of hydrogen-bond acceptors (Lipinski definition) is 1. The van der Waals surface area contributed by atoms with Gasteiger partial charge in [-0.25, -0.2) is 0 Å². The van der Waals surface area contributed by atoms with E-state index in [4.69, 9.17) is 5.73 Å². The largest absolute Gasteiger partial charge is 0.324 e. The first kappa shape index (κ1) is 10.2. The van der Waals surface area contributed by atoms with Crippen LogP contribution in [0.4, 0.5) is 0 Å². The highest BCUT2D eigenvalue weighted by Crippen LogP contribution is 2.38. The lowest BCUT2D eigenvalue weighted by Crippen LogP contribution is -2.27. The van der Waals surface area contributed by atoms with Gasteiger partial charge in [0.2, 0.25) is 0 Å². The Hall–Kier alpha value is -0.340. The Labute approximate surface area is 93.8 Å². The highest BCUT2D eigenvalue weighted by molar-refractivity contribution is 9.10. The van der Waals surface area contributed by atoms with Crippen LogP contribution in [0.25, 0.3) is 0 Å². The molecule has 1 saturated carbocycles. The van der Waals surface area contributed by atoms with Crippen molar-refractivity contribution < 1.29 is 0 Å². The van der Waals surface area contributed by atoms with Crippen LogP contribution in [-0.4, -0.2) is 0 Å². The third-order valence-electron chi connectivity index (χ3n) is 3.17. The molecule has 1 atom stereocenters. The first-order valence-electron chi connectivity index (χ1n) is 5.20. The summed E-state index contributed by atoms with van der Waals surface area (Å²) < 4.78 is 1.16. The lowest BCUT2D eigenvalue weighted by Gasteiger charge is -2.32. The SMILES string of the molecule is Cc1ccc([C@@H](N)C2CCC2)c(Br)c1. The molecule has 0 aliphatic heterocycles. The minimum Gasteiger partial charge on any atom is -0.324 e. The van der Waals surface area contributed by atoms with Gasteiger partial charge in [-0.05, 0) is 42.9 Å². The van der Waals surface area contributed by atoms with Crippen LogP contribution in [0.1, 0.15) is 36.4 Å². The van der Waals surface area contributed by atoms with Gasteiger partial charge in [0.1, 0.15) is 0 Å². The lowest BCUT2D eigenvalue weighted by atomic mass is 9.77. The zero-order valence-corrected chi connectivity index (χ0v) is 10.0. The second kappa shape index (κ2) is 4.03. The summed E-state index contributed by atoms with van der Waals surface area (Å²) in [6.07, 6.45) is 3.94. The van der Waals surface area contributed by atoms with Crippen LogP contribution < -0.4 is 5.73 Å². The number of aryl methyl sites for hydroxylation is 1. The highest BCUT2D eigenvalue weighted by atomic mass is 79.9. The second-order valence-electron chi connectivity index (χ2n) is 4.24. The molecule has 0 unspecified atom stereocenters. The van der Waals surface area contributed by atoms with E-state index in [9.17, 15) is 0 Å². The molecule has 1 aromatic rings. The van der Waals surface area contributed by atoms with Crippen molar-refractivity contribution in [2.45, 2.75) is 32.2 Å².